The van der Waals surface area contributed by atoms with E-state index in [1.165, 1.54) is 11.8 Å². The van der Waals surface area contributed by atoms with Gasteiger partial charge in [-0.05, 0) is 69.9 Å². The Hall–Kier alpha value is -3.00. The number of piperidine rings is 1. The second-order valence-electron chi connectivity index (χ2n) is 9.38. The zero-order chi connectivity index (χ0) is 23.6. The average molecular weight is 468 g/mol. The Labute approximate surface area is 198 Å². The Morgan fingerprint density at radius 3 is 2.58 bits per heavy atom. The van der Waals surface area contributed by atoms with E-state index >= 15 is 0 Å². The fraction of sp³-hybridized carbons (Fsp3) is 0.400. The summed E-state index contributed by atoms with van der Waals surface area (Å²) in [7, 11) is 0. The summed E-state index contributed by atoms with van der Waals surface area (Å²) in [6, 6.07) is 12.8. The van der Waals surface area contributed by atoms with Gasteiger partial charge in [0, 0.05) is 35.0 Å². The molecule has 1 saturated heterocycles. The molecule has 0 bridgehead atoms. The van der Waals surface area contributed by atoms with Crippen molar-refractivity contribution in [3.05, 3.63) is 53.6 Å². The molecule has 8 heteroatoms. The van der Waals surface area contributed by atoms with E-state index in [9.17, 15) is 14.4 Å². The first-order valence-electron chi connectivity index (χ1n) is 11.2. The number of likely N-dealkylation sites (tertiary alicyclic amines) is 1. The van der Waals surface area contributed by atoms with Crippen molar-refractivity contribution in [3.8, 4) is 0 Å². The molecule has 2 aliphatic heterocycles. The van der Waals surface area contributed by atoms with E-state index in [0.29, 0.717) is 42.4 Å². The van der Waals surface area contributed by atoms with Gasteiger partial charge >= 0.3 is 6.09 Å². The highest BCUT2D eigenvalue weighted by atomic mass is 32.2. The molecule has 2 heterocycles. The van der Waals surface area contributed by atoms with E-state index in [4.69, 9.17) is 4.74 Å². The molecule has 2 aromatic rings. The van der Waals surface area contributed by atoms with Crippen LogP contribution in [-0.2, 0) is 4.74 Å². The maximum absolute atomic E-state index is 12.8. The largest absolute Gasteiger partial charge is 0.444 e. The number of hydrogen-bond donors (Lipinski definition) is 2. The van der Waals surface area contributed by atoms with Crippen molar-refractivity contribution in [1.29, 1.82) is 0 Å². The summed E-state index contributed by atoms with van der Waals surface area (Å²) in [6.45, 7) is 7.37. The molecule has 0 spiro atoms. The van der Waals surface area contributed by atoms with Crippen LogP contribution in [-0.4, -0.2) is 48.0 Å². The molecule has 3 amide bonds. The topological polar surface area (TPSA) is 87.7 Å². The number of benzene rings is 2. The summed E-state index contributed by atoms with van der Waals surface area (Å²) in [5, 5.41) is 5.93. The summed E-state index contributed by atoms with van der Waals surface area (Å²) < 4.78 is 5.44. The molecule has 33 heavy (non-hydrogen) atoms. The molecule has 0 unspecified atom stereocenters. The van der Waals surface area contributed by atoms with Crippen molar-refractivity contribution in [1.82, 2.24) is 10.2 Å². The molecule has 0 aliphatic carbocycles. The van der Waals surface area contributed by atoms with Gasteiger partial charge in [-0.3, -0.25) is 9.59 Å². The van der Waals surface area contributed by atoms with Crippen LogP contribution >= 0.6 is 11.8 Å². The highest BCUT2D eigenvalue weighted by molar-refractivity contribution is 7.99. The zero-order valence-corrected chi connectivity index (χ0v) is 20.0. The summed E-state index contributed by atoms with van der Waals surface area (Å²) in [4.78, 5) is 41.1. The first-order chi connectivity index (χ1) is 15.7. The molecular weight excluding hydrogens is 438 g/mol. The lowest BCUT2D eigenvalue weighted by molar-refractivity contribution is 0.0183. The molecule has 0 atom stereocenters. The second-order valence-corrected chi connectivity index (χ2v) is 10.5. The molecule has 7 nitrogen and oxygen atoms in total. The molecule has 2 aromatic carbocycles. The number of nitrogens with one attached hydrogen (secondary N) is 2. The van der Waals surface area contributed by atoms with Crippen LogP contribution in [0.1, 0.15) is 54.3 Å². The van der Waals surface area contributed by atoms with Gasteiger partial charge in [-0.1, -0.05) is 23.9 Å². The minimum absolute atomic E-state index is 0.173. The number of hydrogen-bond acceptors (Lipinski definition) is 5. The van der Waals surface area contributed by atoms with E-state index in [1.807, 2.05) is 45.0 Å². The average Bonchev–Trinajstić information content (AvgIpc) is 2.92. The standard InChI is InChI=1S/C25H29N3O4S/c1-25(2,3)32-24(31)28-12-10-16(11-13-28)15-26-22(29)17-8-9-21-19(14-17)27-23(30)18-6-4-5-7-20(18)33-21/h4-9,14,16H,10-13,15H2,1-3H3,(H,26,29)(H,27,30). The van der Waals surface area contributed by atoms with Gasteiger partial charge in [0.1, 0.15) is 5.60 Å². The van der Waals surface area contributed by atoms with Crippen LogP contribution in [0.3, 0.4) is 0 Å². The fourth-order valence-electron chi connectivity index (χ4n) is 3.89. The molecule has 2 aliphatic rings. The van der Waals surface area contributed by atoms with Gasteiger partial charge in [0.15, 0.2) is 0 Å². The van der Waals surface area contributed by atoms with Crippen molar-refractivity contribution < 1.29 is 19.1 Å². The van der Waals surface area contributed by atoms with E-state index in [1.54, 1.807) is 23.1 Å². The Bertz CT molecular complexity index is 1070. The van der Waals surface area contributed by atoms with Gasteiger partial charge in [-0.15, -0.1) is 0 Å². The normalized spacial score (nSPS) is 16.2. The zero-order valence-electron chi connectivity index (χ0n) is 19.1. The van der Waals surface area contributed by atoms with Crippen molar-refractivity contribution >= 4 is 35.4 Å². The Kier molecular flexibility index (Phi) is 6.65. The monoisotopic (exact) mass is 467 g/mol. The van der Waals surface area contributed by atoms with Crippen LogP contribution < -0.4 is 10.6 Å². The third-order valence-electron chi connectivity index (χ3n) is 5.66. The predicted molar refractivity (Wildman–Crippen MR) is 128 cm³/mol. The lowest BCUT2D eigenvalue weighted by Crippen LogP contribution is -2.43. The van der Waals surface area contributed by atoms with Gasteiger partial charge < -0.3 is 20.3 Å². The number of fused-ring (bicyclic) bond motifs is 2. The summed E-state index contributed by atoms with van der Waals surface area (Å²) in [5.74, 6) is -0.0437. The van der Waals surface area contributed by atoms with Crippen molar-refractivity contribution in [3.63, 3.8) is 0 Å². The molecular formula is C25H29N3O4S. The maximum Gasteiger partial charge on any atom is 0.410 e. The Morgan fingerprint density at radius 1 is 1.12 bits per heavy atom. The number of ether oxygens (including phenoxy) is 1. The van der Waals surface area contributed by atoms with Crippen LogP contribution in [0.2, 0.25) is 0 Å². The number of rotatable bonds is 3. The third-order valence-corrected chi connectivity index (χ3v) is 6.81. The minimum atomic E-state index is -0.503. The molecule has 2 N–H and O–H groups in total. The molecule has 0 aromatic heterocycles. The van der Waals surface area contributed by atoms with Gasteiger partial charge in [0.2, 0.25) is 0 Å². The van der Waals surface area contributed by atoms with Gasteiger partial charge in [0.05, 0.1) is 11.3 Å². The van der Waals surface area contributed by atoms with Crippen LogP contribution in [0.15, 0.2) is 52.3 Å². The molecule has 0 radical (unpaired) electrons. The molecule has 1 fully saturated rings. The SMILES string of the molecule is CC(C)(C)OC(=O)N1CCC(CNC(=O)c2ccc3c(c2)NC(=O)c2ccccc2S3)CC1. The fourth-order valence-corrected chi connectivity index (χ4v) is 4.90. The highest BCUT2D eigenvalue weighted by Gasteiger charge is 2.27. The Morgan fingerprint density at radius 2 is 1.85 bits per heavy atom. The van der Waals surface area contributed by atoms with E-state index in [2.05, 4.69) is 10.6 Å². The van der Waals surface area contributed by atoms with Crippen LogP contribution in [0.5, 0.6) is 0 Å². The minimum Gasteiger partial charge on any atom is -0.444 e. The number of anilines is 1. The first-order valence-corrected chi connectivity index (χ1v) is 12.0. The van der Waals surface area contributed by atoms with E-state index in [-0.39, 0.29) is 17.9 Å². The third kappa shape index (κ3) is 5.68. The number of amides is 3. The van der Waals surface area contributed by atoms with Crippen LogP contribution in [0, 0.1) is 5.92 Å². The van der Waals surface area contributed by atoms with Gasteiger partial charge in [0.25, 0.3) is 11.8 Å². The summed E-state index contributed by atoms with van der Waals surface area (Å²) >= 11 is 1.51. The summed E-state index contributed by atoms with van der Waals surface area (Å²) in [5.41, 5.74) is 1.27. The lowest BCUT2D eigenvalue weighted by Gasteiger charge is -2.33. The van der Waals surface area contributed by atoms with Gasteiger partial charge in [-0.2, -0.15) is 0 Å². The molecule has 4 rings (SSSR count). The first kappa shape index (κ1) is 23.2. The second kappa shape index (κ2) is 9.47. The number of carbonyl (C=O) groups is 3. The van der Waals surface area contributed by atoms with Crippen LogP contribution in [0.25, 0.3) is 0 Å². The van der Waals surface area contributed by atoms with Crippen LogP contribution in [0.4, 0.5) is 10.5 Å². The maximum atomic E-state index is 12.8. The Balaban J connectivity index is 1.32. The lowest BCUT2D eigenvalue weighted by atomic mass is 9.97. The van der Waals surface area contributed by atoms with E-state index in [0.717, 1.165) is 22.6 Å². The predicted octanol–water partition coefficient (Wildman–Crippen LogP) is 4.78. The van der Waals surface area contributed by atoms with Gasteiger partial charge in [-0.25, -0.2) is 4.79 Å². The van der Waals surface area contributed by atoms with Crippen molar-refractivity contribution in [2.24, 2.45) is 5.92 Å². The quantitative estimate of drug-likeness (QED) is 0.678. The smallest absolute Gasteiger partial charge is 0.410 e. The molecule has 0 saturated carbocycles. The molecule has 174 valence electrons. The van der Waals surface area contributed by atoms with Crippen molar-refractivity contribution in [2.75, 3.05) is 25.0 Å². The number of nitrogens with zero attached hydrogens (tertiary/aromatic N) is 1. The number of carbonyl (C=O) groups excluding carboxylic acids is 3. The van der Waals surface area contributed by atoms with Crippen molar-refractivity contribution in [2.45, 2.75) is 49.0 Å². The highest BCUT2D eigenvalue weighted by Crippen LogP contribution is 2.39. The summed E-state index contributed by atoms with van der Waals surface area (Å²) in [6.07, 6.45) is 1.35. The van der Waals surface area contributed by atoms with E-state index < -0.39 is 5.60 Å².